The predicted molar refractivity (Wildman–Crippen MR) is 60.6 cm³/mol. The lowest BCUT2D eigenvalue weighted by atomic mass is 10.3. The van der Waals surface area contributed by atoms with Gasteiger partial charge in [-0.2, -0.15) is 11.8 Å². The third-order valence-electron chi connectivity index (χ3n) is 2.12. The molecule has 0 aliphatic carbocycles. The number of rotatable bonds is 2. The summed E-state index contributed by atoms with van der Waals surface area (Å²) in [6, 6.07) is 1.81. The van der Waals surface area contributed by atoms with Gasteiger partial charge in [-0.1, -0.05) is 0 Å². The molecule has 1 atom stereocenters. The Morgan fingerprint density at radius 3 is 3.13 bits per heavy atom. The number of aryl methyl sites for hydroxylation is 1. The minimum atomic E-state index is -0.00394. The number of hydrogen-bond donors (Lipinski definition) is 2. The van der Waals surface area contributed by atoms with Crippen molar-refractivity contribution in [2.45, 2.75) is 13.0 Å². The van der Waals surface area contributed by atoms with E-state index in [0.717, 1.165) is 29.6 Å². The molecule has 1 fully saturated rings. The second-order valence-electron chi connectivity index (χ2n) is 3.33. The molecule has 1 aliphatic heterocycles. The van der Waals surface area contributed by atoms with E-state index in [1.165, 1.54) is 0 Å². The molecule has 1 saturated heterocycles. The maximum absolute atomic E-state index is 5.60. The van der Waals surface area contributed by atoms with Crippen molar-refractivity contribution in [2.75, 3.05) is 23.5 Å². The summed E-state index contributed by atoms with van der Waals surface area (Å²) in [5.74, 6) is 8.64. The van der Waals surface area contributed by atoms with Gasteiger partial charge in [-0.15, -0.1) is 0 Å². The summed E-state index contributed by atoms with van der Waals surface area (Å²) < 4.78 is 5.60. The van der Waals surface area contributed by atoms with Crippen molar-refractivity contribution in [1.82, 2.24) is 9.97 Å². The largest absolute Gasteiger partial charge is 0.368 e. The second kappa shape index (κ2) is 4.78. The van der Waals surface area contributed by atoms with E-state index in [1.807, 2.05) is 18.7 Å². The average Bonchev–Trinajstić information content (AvgIpc) is 2.29. The predicted octanol–water partition coefficient (Wildman–Crippen LogP) is 0.875. The minimum Gasteiger partial charge on any atom is -0.368 e. The van der Waals surface area contributed by atoms with Crippen LogP contribution in [0.3, 0.4) is 0 Å². The third kappa shape index (κ3) is 2.58. The van der Waals surface area contributed by atoms with E-state index in [2.05, 4.69) is 15.4 Å². The van der Waals surface area contributed by atoms with E-state index >= 15 is 0 Å². The Hall–Kier alpha value is -0.850. The summed E-state index contributed by atoms with van der Waals surface area (Å²) in [4.78, 5) is 8.65. The van der Waals surface area contributed by atoms with Crippen LogP contribution < -0.4 is 11.3 Å². The summed E-state index contributed by atoms with van der Waals surface area (Å²) >= 11 is 1.86. The fourth-order valence-electron chi connectivity index (χ4n) is 1.45. The molecule has 1 aromatic heterocycles. The van der Waals surface area contributed by atoms with Crippen LogP contribution in [0.25, 0.3) is 0 Å². The Labute approximate surface area is 92.8 Å². The quantitative estimate of drug-likeness (QED) is 0.576. The van der Waals surface area contributed by atoms with Gasteiger partial charge in [0.25, 0.3) is 0 Å². The van der Waals surface area contributed by atoms with Gasteiger partial charge in [0.15, 0.2) is 5.82 Å². The van der Waals surface area contributed by atoms with Gasteiger partial charge in [-0.25, -0.2) is 15.8 Å². The van der Waals surface area contributed by atoms with Crippen LogP contribution in [0.4, 0.5) is 5.82 Å². The van der Waals surface area contributed by atoms with Gasteiger partial charge in [0, 0.05) is 23.3 Å². The molecular formula is C9H14N4OS. The van der Waals surface area contributed by atoms with Crippen molar-refractivity contribution in [3.05, 3.63) is 17.6 Å². The SMILES string of the molecule is Cc1cc(NN)nc(C2CSCCO2)n1. The van der Waals surface area contributed by atoms with E-state index < -0.39 is 0 Å². The highest BCUT2D eigenvalue weighted by atomic mass is 32.2. The zero-order chi connectivity index (χ0) is 10.7. The Balaban J connectivity index is 2.22. The molecule has 6 heteroatoms. The smallest absolute Gasteiger partial charge is 0.160 e. The van der Waals surface area contributed by atoms with E-state index in [9.17, 15) is 0 Å². The zero-order valence-electron chi connectivity index (χ0n) is 8.56. The number of thioether (sulfide) groups is 1. The lowest BCUT2D eigenvalue weighted by molar-refractivity contribution is 0.0694. The first kappa shape index (κ1) is 10.7. The minimum absolute atomic E-state index is 0.00394. The number of hydrazine groups is 1. The highest BCUT2D eigenvalue weighted by Crippen LogP contribution is 2.24. The van der Waals surface area contributed by atoms with E-state index in [0.29, 0.717) is 5.82 Å². The van der Waals surface area contributed by atoms with Crippen LogP contribution in [-0.4, -0.2) is 28.1 Å². The number of nitrogens with two attached hydrogens (primary N) is 1. The van der Waals surface area contributed by atoms with Crippen LogP contribution >= 0.6 is 11.8 Å². The van der Waals surface area contributed by atoms with Crippen LogP contribution in [0.5, 0.6) is 0 Å². The third-order valence-corrected chi connectivity index (χ3v) is 3.12. The van der Waals surface area contributed by atoms with Crippen LogP contribution in [0, 0.1) is 6.92 Å². The molecule has 2 rings (SSSR count). The molecule has 0 saturated carbocycles. The fraction of sp³-hybridized carbons (Fsp3) is 0.556. The standard InChI is InChI=1S/C9H14N4OS/c1-6-4-8(13-10)12-9(11-6)7-5-15-3-2-14-7/h4,7H,2-3,5,10H2,1H3,(H,11,12,13). The molecule has 1 aliphatic rings. The molecule has 82 valence electrons. The van der Waals surface area contributed by atoms with Crippen molar-refractivity contribution in [1.29, 1.82) is 0 Å². The first-order valence-electron chi connectivity index (χ1n) is 4.81. The van der Waals surface area contributed by atoms with E-state index in [-0.39, 0.29) is 6.10 Å². The van der Waals surface area contributed by atoms with Gasteiger partial charge in [-0.3, -0.25) is 0 Å². The maximum atomic E-state index is 5.60. The molecule has 5 nitrogen and oxygen atoms in total. The van der Waals surface area contributed by atoms with Gasteiger partial charge in [-0.05, 0) is 6.92 Å². The number of nitrogens with one attached hydrogen (secondary N) is 1. The lowest BCUT2D eigenvalue weighted by Gasteiger charge is -2.21. The van der Waals surface area contributed by atoms with Crippen molar-refractivity contribution in [2.24, 2.45) is 5.84 Å². The number of hydrogen-bond acceptors (Lipinski definition) is 6. The lowest BCUT2D eigenvalue weighted by Crippen LogP contribution is -2.20. The summed E-state index contributed by atoms with van der Waals surface area (Å²) in [6.45, 7) is 2.68. The molecule has 3 N–H and O–H groups in total. The van der Waals surface area contributed by atoms with Gasteiger partial charge >= 0.3 is 0 Å². The van der Waals surface area contributed by atoms with Crippen molar-refractivity contribution in [3.8, 4) is 0 Å². The molecule has 0 bridgehead atoms. The maximum Gasteiger partial charge on any atom is 0.160 e. The van der Waals surface area contributed by atoms with Gasteiger partial charge < -0.3 is 10.2 Å². The van der Waals surface area contributed by atoms with Crippen molar-refractivity contribution >= 4 is 17.6 Å². The highest BCUT2D eigenvalue weighted by molar-refractivity contribution is 7.99. The molecule has 2 heterocycles. The van der Waals surface area contributed by atoms with Crippen molar-refractivity contribution < 1.29 is 4.74 Å². The van der Waals surface area contributed by atoms with Crippen LogP contribution in [0.2, 0.25) is 0 Å². The Kier molecular flexibility index (Phi) is 3.40. The Morgan fingerprint density at radius 2 is 2.47 bits per heavy atom. The number of nitrogen functional groups attached to an aromatic ring is 1. The molecule has 15 heavy (non-hydrogen) atoms. The molecule has 1 aromatic rings. The van der Waals surface area contributed by atoms with Crippen LogP contribution in [0.1, 0.15) is 17.6 Å². The fourth-order valence-corrected chi connectivity index (χ4v) is 2.29. The van der Waals surface area contributed by atoms with Crippen LogP contribution in [0.15, 0.2) is 6.07 Å². The summed E-state index contributed by atoms with van der Waals surface area (Å²) in [5, 5.41) is 0. The summed E-state index contributed by atoms with van der Waals surface area (Å²) in [5.41, 5.74) is 3.43. The van der Waals surface area contributed by atoms with Crippen LogP contribution in [-0.2, 0) is 4.74 Å². The van der Waals surface area contributed by atoms with Gasteiger partial charge in [0.1, 0.15) is 11.9 Å². The topological polar surface area (TPSA) is 73.1 Å². The monoisotopic (exact) mass is 226 g/mol. The summed E-state index contributed by atoms with van der Waals surface area (Å²) in [7, 11) is 0. The van der Waals surface area contributed by atoms with Gasteiger partial charge in [0.05, 0.1) is 6.61 Å². The van der Waals surface area contributed by atoms with E-state index in [4.69, 9.17) is 10.6 Å². The Bertz CT molecular complexity index is 341. The summed E-state index contributed by atoms with van der Waals surface area (Å²) in [6.07, 6.45) is -0.00394. The average molecular weight is 226 g/mol. The van der Waals surface area contributed by atoms with Crippen molar-refractivity contribution in [3.63, 3.8) is 0 Å². The first-order valence-corrected chi connectivity index (χ1v) is 5.96. The number of ether oxygens (including phenoxy) is 1. The second-order valence-corrected chi connectivity index (χ2v) is 4.48. The first-order chi connectivity index (χ1) is 7.29. The molecule has 0 amide bonds. The normalized spacial score (nSPS) is 21.3. The highest BCUT2D eigenvalue weighted by Gasteiger charge is 2.19. The zero-order valence-corrected chi connectivity index (χ0v) is 9.38. The number of anilines is 1. The van der Waals surface area contributed by atoms with Gasteiger partial charge in [0.2, 0.25) is 0 Å². The molecular weight excluding hydrogens is 212 g/mol. The number of nitrogens with zero attached hydrogens (tertiary/aromatic N) is 2. The molecule has 0 spiro atoms. The molecule has 1 unspecified atom stereocenters. The Morgan fingerprint density at radius 1 is 1.60 bits per heavy atom. The molecule has 0 radical (unpaired) electrons. The van der Waals surface area contributed by atoms with E-state index in [1.54, 1.807) is 6.07 Å². The number of aromatic nitrogens is 2. The molecule has 0 aromatic carbocycles.